The van der Waals surface area contributed by atoms with Crippen LogP contribution in [0.5, 0.6) is 0 Å². The van der Waals surface area contributed by atoms with Crippen molar-refractivity contribution in [1.82, 2.24) is 10.2 Å². The molecule has 110 valence electrons. The number of hydrogen-bond donors (Lipinski definition) is 1. The number of nitrogens with one attached hydrogen (secondary N) is 1. The van der Waals surface area contributed by atoms with Crippen LogP contribution in [-0.4, -0.2) is 35.7 Å². The number of likely N-dealkylation sites (N-methyl/N-ethyl adjacent to an activating group) is 1. The Morgan fingerprint density at radius 3 is 2.25 bits per heavy atom. The van der Waals surface area contributed by atoms with Gasteiger partial charge < -0.3 is 10.2 Å². The molecule has 0 aliphatic rings. The molecule has 1 rings (SSSR count). The fraction of sp³-hybridized carbons (Fsp3) is 0.500. The molecule has 0 saturated heterocycles. The van der Waals surface area contributed by atoms with E-state index in [1.54, 1.807) is 7.05 Å². The second kappa shape index (κ2) is 7.80. The number of hydrogen-bond acceptors (Lipinski definition) is 3. The molecule has 1 unspecified atom stereocenters. The predicted molar refractivity (Wildman–Crippen MR) is 80.3 cm³/mol. The average molecular weight is 276 g/mol. The van der Waals surface area contributed by atoms with E-state index in [0.29, 0.717) is 6.54 Å². The molecular formula is C16H24N2O2. The SMILES string of the molecule is CNC(CC(=O)N(Cc1ccccc1)C(C)C)C(C)=O. The van der Waals surface area contributed by atoms with Gasteiger partial charge in [-0.2, -0.15) is 0 Å². The number of rotatable bonds is 7. The van der Waals surface area contributed by atoms with Crippen LogP contribution in [0, 0.1) is 0 Å². The summed E-state index contributed by atoms with van der Waals surface area (Å²) in [5.74, 6) is -0.0114. The summed E-state index contributed by atoms with van der Waals surface area (Å²) in [6.45, 7) is 6.06. The number of benzene rings is 1. The first kappa shape index (κ1) is 16.4. The van der Waals surface area contributed by atoms with Crippen molar-refractivity contribution in [2.75, 3.05) is 7.05 Å². The van der Waals surface area contributed by atoms with Gasteiger partial charge in [0, 0.05) is 19.0 Å². The fourth-order valence-electron chi connectivity index (χ4n) is 2.08. The molecule has 1 amide bonds. The van der Waals surface area contributed by atoms with Crippen molar-refractivity contribution >= 4 is 11.7 Å². The standard InChI is InChI=1S/C16H24N2O2/c1-12(2)18(11-14-8-6-5-7-9-14)16(20)10-15(17-4)13(3)19/h5-9,12,15,17H,10-11H2,1-4H3. The lowest BCUT2D eigenvalue weighted by atomic mass is 10.1. The summed E-state index contributed by atoms with van der Waals surface area (Å²) in [6, 6.07) is 9.59. The number of carbonyl (C=O) groups is 2. The Labute approximate surface area is 121 Å². The van der Waals surface area contributed by atoms with E-state index in [1.807, 2.05) is 49.1 Å². The topological polar surface area (TPSA) is 49.4 Å². The molecule has 0 bridgehead atoms. The van der Waals surface area contributed by atoms with Crippen molar-refractivity contribution in [2.45, 2.75) is 45.8 Å². The van der Waals surface area contributed by atoms with E-state index in [2.05, 4.69) is 5.32 Å². The van der Waals surface area contributed by atoms with Gasteiger partial charge in [0.25, 0.3) is 0 Å². The van der Waals surface area contributed by atoms with Gasteiger partial charge in [0.1, 0.15) is 5.78 Å². The Kier molecular flexibility index (Phi) is 6.39. The summed E-state index contributed by atoms with van der Waals surface area (Å²) < 4.78 is 0. The highest BCUT2D eigenvalue weighted by Crippen LogP contribution is 2.11. The van der Waals surface area contributed by atoms with Crippen LogP contribution in [-0.2, 0) is 16.1 Å². The smallest absolute Gasteiger partial charge is 0.225 e. The van der Waals surface area contributed by atoms with Gasteiger partial charge in [0.05, 0.1) is 6.04 Å². The van der Waals surface area contributed by atoms with Gasteiger partial charge in [-0.1, -0.05) is 30.3 Å². The molecule has 20 heavy (non-hydrogen) atoms. The molecule has 4 nitrogen and oxygen atoms in total. The van der Waals surface area contributed by atoms with Crippen molar-refractivity contribution in [3.05, 3.63) is 35.9 Å². The normalized spacial score (nSPS) is 12.2. The highest BCUT2D eigenvalue weighted by Gasteiger charge is 2.22. The lowest BCUT2D eigenvalue weighted by Gasteiger charge is -2.28. The summed E-state index contributed by atoms with van der Waals surface area (Å²) in [5.41, 5.74) is 1.10. The van der Waals surface area contributed by atoms with Crippen molar-refractivity contribution < 1.29 is 9.59 Å². The average Bonchev–Trinajstić information content (AvgIpc) is 2.42. The van der Waals surface area contributed by atoms with Crippen molar-refractivity contribution in [1.29, 1.82) is 0 Å². The zero-order valence-corrected chi connectivity index (χ0v) is 12.7. The van der Waals surface area contributed by atoms with Crippen LogP contribution >= 0.6 is 0 Å². The van der Waals surface area contributed by atoms with Crippen molar-refractivity contribution in [2.24, 2.45) is 0 Å². The molecule has 0 aliphatic carbocycles. The van der Waals surface area contributed by atoms with E-state index in [-0.39, 0.29) is 24.2 Å². The van der Waals surface area contributed by atoms with Crippen LogP contribution < -0.4 is 5.32 Å². The highest BCUT2D eigenvalue weighted by molar-refractivity contribution is 5.88. The number of Topliss-reactive ketones (excluding diaryl/α,β-unsaturated/α-hetero) is 1. The number of amides is 1. The minimum atomic E-state index is -0.403. The van der Waals surface area contributed by atoms with Crippen LogP contribution in [0.2, 0.25) is 0 Å². The van der Waals surface area contributed by atoms with E-state index in [1.165, 1.54) is 6.92 Å². The van der Waals surface area contributed by atoms with Crippen LogP contribution in [0.25, 0.3) is 0 Å². The molecule has 1 atom stereocenters. The first-order valence-corrected chi connectivity index (χ1v) is 6.96. The Hall–Kier alpha value is -1.68. The summed E-state index contributed by atoms with van der Waals surface area (Å²) in [7, 11) is 1.70. The molecule has 1 aromatic carbocycles. The third-order valence-corrected chi connectivity index (χ3v) is 3.36. The summed E-state index contributed by atoms with van der Waals surface area (Å²) in [4.78, 5) is 25.6. The summed E-state index contributed by atoms with van der Waals surface area (Å²) in [5, 5.41) is 2.89. The van der Waals surface area contributed by atoms with Gasteiger partial charge in [-0.25, -0.2) is 0 Å². The molecule has 0 aliphatic heterocycles. The summed E-state index contributed by atoms with van der Waals surface area (Å²) >= 11 is 0. The van der Waals surface area contributed by atoms with Crippen LogP contribution in [0.4, 0.5) is 0 Å². The first-order valence-electron chi connectivity index (χ1n) is 6.96. The maximum absolute atomic E-state index is 12.4. The van der Waals surface area contributed by atoms with Gasteiger partial charge in [-0.15, -0.1) is 0 Å². The molecule has 0 radical (unpaired) electrons. The van der Waals surface area contributed by atoms with Gasteiger partial charge in [-0.05, 0) is 33.4 Å². The molecule has 0 aromatic heterocycles. The maximum atomic E-state index is 12.4. The second-order valence-corrected chi connectivity index (χ2v) is 5.26. The van der Waals surface area contributed by atoms with Crippen LogP contribution in [0.15, 0.2) is 30.3 Å². The molecule has 4 heteroatoms. The first-order chi connectivity index (χ1) is 9.45. The van der Waals surface area contributed by atoms with E-state index in [0.717, 1.165) is 5.56 Å². The Balaban J connectivity index is 2.75. The third-order valence-electron chi connectivity index (χ3n) is 3.36. The van der Waals surface area contributed by atoms with Gasteiger partial charge in [0.2, 0.25) is 5.91 Å². The Bertz CT molecular complexity index is 443. The van der Waals surface area contributed by atoms with Crippen molar-refractivity contribution in [3.63, 3.8) is 0 Å². The maximum Gasteiger partial charge on any atom is 0.225 e. The Morgan fingerprint density at radius 1 is 1.20 bits per heavy atom. The largest absolute Gasteiger partial charge is 0.336 e. The van der Waals surface area contributed by atoms with E-state index in [4.69, 9.17) is 0 Å². The summed E-state index contributed by atoms with van der Waals surface area (Å²) in [6.07, 6.45) is 0.205. The lowest BCUT2D eigenvalue weighted by Crippen LogP contribution is -2.42. The molecular weight excluding hydrogens is 252 g/mol. The minimum Gasteiger partial charge on any atom is -0.336 e. The molecule has 0 saturated carbocycles. The molecule has 0 fully saturated rings. The molecule has 1 N–H and O–H groups in total. The quantitative estimate of drug-likeness (QED) is 0.828. The predicted octanol–water partition coefficient (Wildman–Crippen LogP) is 1.99. The Morgan fingerprint density at radius 2 is 1.80 bits per heavy atom. The van der Waals surface area contributed by atoms with Gasteiger partial charge in [-0.3, -0.25) is 9.59 Å². The van der Waals surface area contributed by atoms with Gasteiger partial charge in [0.15, 0.2) is 0 Å². The van der Waals surface area contributed by atoms with Crippen LogP contribution in [0.1, 0.15) is 32.8 Å². The van der Waals surface area contributed by atoms with Gasteiger partial charge >= 0.3 is 0 Å². The van der Waals surface area contributed by atoms with Crippen LogP contribution in [0.3, 0.4) is 0 Å². The highest BCUT2D eigenvalue weighted by atomic mass is 16.2. The zero-order chi connectivity index (χ0) is 15.1. The van der Waals surface area contributed by atoms with Crippen molar-refractivity contribution in [3.8, 4) is 0 Å². The van der Waals surface area contributed by atoms with E-state index in [9.17, 15) is 9.59 Å². The molecule has 0 spiro atoms. The monoisotopic (exact) mass is 276 g/mol. The molecule has 1 aromatic rings. The lowest BCUT2D eigenvalue weighted by molar-refractivity contribution is -0.136. The third kappa shape index (κ3) is 4.78. The zero-order valence-electron chi connectivity index (χ0n) is 12.7. The minimum absolute atomic E-state index is 0.00148. The second-order valence-electron chi connectivity index (χ2n) is 5.26. The fourth-order valence-corrected chi connectivity index (χ4v) is 2.08. The number of nitrogens with zero attached hydrogens (tertiary/aromatic N) is 1. The molecule has 0 heterocycles. The number of ketones is 1. The van der Waals surface area contributed by atoms with E-state index < -0.39 is 6.04 Å². The number of carbonyl (C=O) groups excluding carboxylic acids is 2. The van der Waals surface area contributed by atoms with E-state index >= 15 is 0 Å².